The van der Waals surface area contributed by atoms with Gasteiger partial charge < -0.3 is 20.3 Å². The van der Waals surface area contributed by atoms with E-state index in [1.807, 2.05) is 6.20 Å². The van der Waals surface area contributed by atoms with E-state index in [0.29, 0.717) is 12.5 Å². The van der Waals surface area contributed by atoms with Crippen LogP contribution in [0.4, 0.5) is 5.82 Å². The predicted molar refractivity (Wildman–Crippen MR) is 118 cm³/mol. The number of nitrogens with zero attached hydrogens (tertiary/aromatic N) is 3. The lowest BCUT2D eigenvalue weighted by atomic mass is 10.2. The molecule has 1 aliphatic heterocycles. The van der Waals surface area contributed by atoms with E-state index in [1.165, 1.54) is 25.7 Å². The Kier molecular flexibility index (Phi) is 10.7. The summed E-state index contributed by atoms with van der Waals surface area (Å²) in [6.45, 7) is 12.6. The summed E-state index contributed by atoms with van der Waals surface area (Å²) in [7, 11) is 0. The van der Waals surface area contributed by atoms with Crippen molar-refractivity contribution in [2.75, 3.05) is 44.3 Å². The first-order valence-corrected chi connectivity index (χ1v) is 11.0. The summed E-state index contributed by atoms with van der Waals surface area (Å²) in [6.07, 6.45) is 8.17. The normalized spacial score (nSPS) is 15.6. The second-order valence-electron chi connectivity index (χ2n) is 7.87. The van der Waals surface area contributed by atoms with Crippen molar-refractivity contribution in [2.45, 2.75) is 59.4 Å². The Morgan fingerprint density at radius 1 is 1.18 bits per heavy atom. The van der Waals surface area contributed by atoms with E-state index in [0.717, 1.165) is 63.2 Å². The summed E-state index contributed by atoms with van der Waals surface area (Å²) in [5.41, 5.74) is 1.14. The number of aliphatic imine (C=N–C) groups is 1. The molecule has 1 aliphatic rings. The Labute approximate surface area is 171 Å². The van der Waals surface area contributed by atoms with Crippen LogP contribution in [0, 0.1) is 5.92 Å². The molecular weight excluding hydrogens is 350 g/mol. The standard InChI is InChI=1S/C22H39N5O/c1-4-23-22(24-12-9-15-28-18-19(2)3)26-17-20-10-11-21(25-16-20)27-13-7-5-6-8-14-27/h10-11,16,19H,4-9,12-15,17-18H2,1-3H3,(H2,23,24,26). The first kappa shape index (κ1) is 22.5. The highest BCUT2D eigenvalue weighted by Crippen LogP contribution is 2.17. The van der Waals surface area contributed by atoms with Crippen LogP contribution >= 0.6 is 0 Å². The molecule has 6 nitrogen and oxygen atoms in total. The number of hydrogen-bond donors (Lipinski definition) is 2. The molecule has 0 aromatic carbocycles. The van der Waals surface area contributed by atoms with Gasteiger partial charge in [0.2, 0.25) is 0 Å². The van der Waals surface area contributed by atoms with Gasteiger partial charge in [-0.15, -0.1) is 0 Å². The highest BCUT2D eigenvalue weighted by atomic mass is 16.5. The fourth-order valence-electron chi connectivity index (χ4n) is 3.21. The van der Waals surface area contributed by atoms with E-state index in [2.05, 4.69) is 58.4 Å². The van der Waals surface area contributed by atoms with Gasteiger partial charge in [0, 0.05) is 45.6 Å². The SMILES string of the molecule is CCNC(=NCc1ccc(N2CCCCCC2)nc1)NCCCOCC(C)C. The predicted octanol–water partition coefficient (Wildman–Crippen LogP) is 3.58. The van der Waals surface area contributed by atoms with E-state index >= 15 is 0 Å². The molecule has 0 radical (unpaired) electrons. The van der Waals surface area contributed by atoms with Gasteiger partial charge in [-0.1, -0.05) is 32.8 Å². The van der Waals surface area contributed by atoms with Crippen LogP contribution in [0.2, 0.25) is 0 Å². The number of pyridine rings is 1. The van der Waals surface area contributed by atoms with Crippen molar-refractivity contribution < 1.29 is 4.74 Å². The minimum absolute atomic E-state index is 0.589. The van der Waals surface area contributed by atoms with Crippen LogP contribution in [-0.2, 0) is 11.3 Å². The molecule has 2 heterocycles. The van der Waals surface area contributed by atoms with Crippen molar-refractivity contribution in [2.24, 2.45) is 10.9 Å². The number of anilines is 1. The van der Waals surface area contributed by atoms with Gasteiger partial charge >= 0.3 is 0 Å². The largest absolute Gasteiger partial charge is 0.381 e. The zero-order valence-corrected chi connectivity index (χ0v) is 18.0. The number of aromatic nitrogens is 1. The van der Waals surface area contributed by atoms with E-state index < -0.39 is 0 Å². The summed E-state index contributed by atoms with van der Waals surface area (Å²) >= 11 is 0. The lowest BCUT2D eigenvalue weighted by Crippen LogP contribution is -2.38. The second-order valence-corrected chi connectivity index (χ2v) is 7.87. The molecule has 0 spiro atoms. The average molecular weight is 390 g/mol. The molecule has 2 rings (SSSR count). The van der Waals surface area contributed by atoms with Gasteiger partial charge in [0.25, 0.3) is 0 Å². The fourth-order valence-corrected chi connectivity index (χ4v) is 3.21. The monoisotopic (exact) mass is 389 g/mol. The third-order valence-electron chi connectivity index (χ3n) is 4.71. The zero-order valence-electron chi connectivity index (χ0n) is 18.0. The van der Waals surface area contributed by atoms with Gasteiger partial charge in [-0.05, 0) is 43.7 Å². The Balaban J connectivity index is 1.77. The molecule has 1 aromatic heterocycles. The van der Waals surface area contributed by atoms with Crippen molar-refractivity contribution >= 4 is 11.8 Å². The number of rotatable bonds is 10. The van der Waals surface area contributed by atoms with Gasteiger partial charge in [-0.3, -0.25) is 0 Å². The molecule has 0 bridgehead atoms. The molecule has 1 saturated heterocycles. The van der Waals surface area contributed by atoms with Gasteiger partial charge in [0.1, 0.15) is 5.82 Å². The molecule has 2 N–H and O–H groups in total. The quantitative estimate of drug-likeness (QED) is 0.364. The highest BCUT2D eigenvalue weighted by molar-refractivity contribution is 5.79. The number of hydrogen-bond acceptors (Lipinski definition) is 4. The fraction of sp³-hybridized carbons (Fsp3) is 0.727. The zero-order chi connectivity index (χ0) is 20.0. The minimum Gasteiger partial charge on any atom is -0.381 e. The molecule has 0 aliphatic carbocycles. The third-order valence-corrected chi connectivity index (χ3v) is 4.71. The summed E-state index contributed by atoms with van der Waals surface area (Å²) in [5, 5.41) is 6.68. The molecule has 0 unspecified atom stereocenters. The molecular formula is C22H39N5O. The maximum absolute atomic E-state index is 5.62. The lowest BCUT2D eigenvalue weighted by molar-refractivity contribution is 0.108. The first-order chi connectivity index (χ1) is 13.7. The summed E-state index contributed by atoms with van der Waals surface area (Å²) in [6, 6.07) is 4.29. The molecule has 1 aromatic rings. The van der Waals surface area contributed by atoms with Crippen LogP contribution in [0.1, 0.15) is 58.4 Å². The van der Waals surface area contributed by atoms with E-state index in [4.69, 9.17) is 4.74 Å². The van der Waals surface area contributed by atoms with Crippen LogP contribution in [0.3, 0.4) is 0 Å². The Morgan fingerprint density at radius 2 is 1.96 bits per heavy atom. The molecule has 158 valence electrons. The smallest absolute Gasteiger partial charge is 0.191 e. The number of nitrogens with one attached hydrogen (secondary N) is 2. The number of ether oxygens (including phenoxy) is 1. The lowest BCUT2D eigenvalue weighted by Gasteiger charge is -2.21. The highest BCUT2D eigenvalue weighted by Gasteiger charge is 2.10. The topological polar surface area (TPSA) is 61.8 Å². The number of guanidine groups is 1. The Hall–Kier alpha value is -1.82. The molecule has 0 saturated carbocycles. The maximum atomic E-state index is 5.62. The van der Waals surface area contributed by atoms with E-state index in [9.17, 15) is 0 Å². The van der Waals surface area contributed by atoms with E-state index in [1.54, 1.807) is 0 Å². The average Bonchev–Trinajstić information content (AvgIpc) is 2.98. The van der Waals surface area contributed by atoms with Crippen molar-refractivity contribution in [1.29, 1.82) is 0 Å². The van der Waals surface area contributed by atoms with Crippen LogP contribution in [-0.4, -0.2) is 50.3 Å². The van der Waals surface area contributed by atoms with Crippen LogP contribution in [0.15, 0.2) is 23.3 Å². The molecule has 0 amide bonds. The maximum Gasteiger partial charge on any atom is 0.191 e. The summed E-state index contributed by atoms with van der Waals surface area (Å²) in [5.74, 6) is 2.54. The van der Waals surface area contributed by atoms with Crippen molar-refractivity contribution in [3.05, 3.63) is 23.9 Å². The summed E-state index contributed by atoms with van der Waals surface area (Å²) < 4.78 is 5.62. The van der Waals surface area contributed by atoms with Crippen LogP contribution in [0.5, 0.6) is 0 Å². The molecule has 28 heavy (non-hydrogen) atoms. The second kappa shape index (κ2) is 13.4. The van der Waals surface area contributed by atoms with Gasteiger partial charge in [-0.2, -0.15) is 0 Å². The van der Waals surface area contributed by atoms with E-state index in [-0.39, 0.29) is 0 Å². The summed E-state index contributed by atoms with van der Waals surface area (Å²) in [4.78, 5) is 11.8. The van der Waals surface area contributed by atoms with Gasteiger partial charge in [-0.25, -0.2) is 9.98 Å². The Bertz CT molecular complexity index is 551. The third kappa shape index (κ3) is 8.91. The van der Waals surface area contributed by atoms with Crippen LogP contribution in [0.25, 0.3) is 0 Å². The van der Waals surface area contributed by atoms with Gasteiger partial charge in [0.15, 0.2) is 5.96 Å². The van der Waals surface area contributed by atoms with Gasteiger partial charge in [0.05, 0.1) is 6.54 Å². The van der Waals surface area contributed by atoms with Crippen LogP contribution < -0.4 is 15.5 Å². The van der Waals surface area contributed by atoms with Crippen molar-refractivity contribution in [3.63, 3.8) is 0 Å². The van der Waals surface area contributed by atoms with Crippen molar-refractivity contribution in [1.82, 2.24) is 15.6 Å². The van der Waals surface area contributed by atoms with Crippen molar-refractivity contribution in [3.8, 4) is 0 Å². The molecule has 0 atom stereocenters. The first-order valence-electron chi connectivity index (χ1n) is 11.0. The Morgan fingerprint density at radius 3 is 2.61 bits per heavy atom. The molecule has 1 fully saturated rings. The molecule has 6 heteroatoms. The minimum atomic E-state index is 0.589.